The topological polar surface area (TPSA) is 35.2 Å². The Kier molecular flexibility index (Phi) is 4.99. The van der Waals surface area contributed by atoms with Crippen LogP contribution in [0.25, 0.3) is 0 Å². The average molecular weight is 255 g/mol. The van der Waals surface area contributed by atoms with Crippen LogP contribution in [-0.4, -0.2) is 12.6 Å². The summed E-state index contributed by atoms with van der Waals surface area (Å²) in [5, 5.41) is 0. The van der Waals surface area contributed by atoms with Gasteiger partial charge in [-0.25, -0.2) is 0 Å². The zero-order valence-electron chi connectivity index (χ0n) is 11.4. The van der Waals surface area contributed by atoms with Gasteiger partial charge in [-0.3, -0.25) is 0 Å². The summed E-state index contributed by atoms with van der Waals surface area (Å²) in [6.07, 6.45) is 1.91. The highest BCUT2D eigenvalue weighted by Crippen LogP contribution is 2.22. The third-order valence-electron chi connectivity index (χ3n) is 3.22. The molecule has 0 bridgehead atoms. The maximum atomic E-state index is 5.99. The van der Waals surface area contributed by atoms with Gasteiger partial charge in [-0.2, -0.15) is 0 Å². The van der Waals surface area contributed by atoms with E-state index in [4.69, 9.17) is 10.5 Å². The van der Waals surface area contributed by atoms with Crippen LogP contribution in [0.2, 0.25) is 0 Å². The van der Waals surface area contributed by atoms with E-state index in [1.54, 1.807) is 0 Å². The standard InChI is InChI=1S/C17H21NO/c1-2-16(13-18)19-17-11-7-6-10-15(17)12-14-8-4-3-5-9-14/h3-11,16H,2,12-13,18H2,1H3. The van der Waals surface area contributed by atoms with Gasteiger partial charge < -0.3 is 10.5 Å². The van der Waals surface area contributed by atoms with Gasteiger partial charge in [-0.15, -0.1) is 0 Å². The second-order valence-corrected chi connectivity index (χ2v) is 4.65. The Hall–Kier alpha value is -1.80. The molecular formula is C17H21NO. The molecule has 19 heavy (non-hydrogen) atoms. The molecule has 2 aromatic carbocycles. The molecule has 1 atom stereocenters. The van der Waals surface area contributed by atoms with Crippen molar-refractivity contribution in [3.8, 4) is 5.75 Å². The molecule has 0 heterocycles. The maximum Gasteiger partial charge on any atom is 0.123 e. The van der Waals surface area contributed by atoms with Crippen LogP contribution in [0.4, 0.5) is 0 Å². The average Bonchev–Trinajstić information content (AvgIpc) is 2.47. The smallest absolute Gasteiger partial charge is 0.123 e. The Bertz CT molecular complexity index is 492. The first-order valence-corrected chi connectivity index (χ1v) is 6.82. The van der Waals surface area contributed by atoms with Crippen LogP contribution in [0.15, 0.2) is 54.6 Å². The summed E-state index contributed by atoms with van der Waals surface area (Å²) in [5.74, 6) is 0.948. The van der Waals surface area contributed by atoms with E-state index in [2.05, 4.69) is 43.3 Å². The monoisotopic (exact) mass is 255 g/mol. The van der Waals surface area contributed by atoms with Crippen LogP contribution in [0.5, 0.6) is 5.75 Å². The Morgan fingerprint density at radius 2 is 1.68 bits per heavy atom. The highest BCUT2D eigenvalue weighted by atomic mass is 16.5. The lowest BCUT2D eigenvalue weighted by Gasteiger charge is -2.18. The SMILES string of the molecule is CCC(CN)Oc1ccccc1Cc1ccccc1. The molecule has 0 saturated carbocycles. The van der Waals surface area contributed by atoms with Crippen molar-refractivity contribution in [3.63, 3.8) is 0 Å². The lowest BCUT2D eigenvalue weighted by molar-refractivity contribution is 0.203. The summed E-state index contributed by atoms with van der Waals surface area (Å²) in [5.41, 5.74) is 8.21. The highest BCUT2D eigenvalue weighted by Gasteiger charge is 2.09. The molecule has 2 rings (SSSR count). The van der Waals surface area contributed by atoms with Crippen LogP contribution in [0.3, 0.4) is 0 Å². The molecular weight excluding hydrogens is 234 g/mol. The molecule has 0 spiro atoms. The van der Waals surface area contributed by atoms with E-state index in [1.807, 2.05) is 18.2 Å². The van der Waals surface area contributed by atoms with Crippen molar-refractivity contribution >= 4 is 0 Å². The number of benzene rings is 2. The molecule has 100 valence electrons. The van der Waals surface area contributed by atoms with E-state index >= 15 is 0 Å². The van der Waals surface area contributed by atoms with E-state index in [1.165, 1.54) is 11.1 Å². The summed E-state index contributed by atoms with van der Waals surface area (Å²) in [4.78, 5) is 0. The summed E-state index contributed by atoms with van der Waals surface area (Å²) in [7, 11) is 0. The lowest BCUT2D eigenvalue weighted by Crippen LogP contribution is -2.26. The Labute approximate surface area is 115 Å². The van der Waals surface area contributed by atoms with E-state index in [0.717, 1.165) is 18.6 Å². The van der Waals surface area contributed by atoms with E-state index in [-0.39, 0.29) is 6.10 Å². The maximum absolute atomic E-state index is 5.99. The first-order valence-electron chi connectivity index (χ1n) is 6.82. The molecule has 0 aromatic heterocycles. The van der Waals surface area contributed by atoms with Gasteiger partial charge in [0.05, 0.1) is 0 Å². The van der Waals surface area contributed by atoms with Crippen LogP contribution in [0, 0.1) is 0 Å². The van der Waals surface area contributed by atoms with Gasteiger partial charge in [0.1, 0.15) is 11.9 Å². The van der Waals surface area contributed by atoms with Gasteiger partial charge in [0, 0.05) is 13.0 Å². The molecule has 0 aliphatic carbocycles. The second-order valence-electron chi connectivity index (χ2n) is 4.65. The fourth-order valence-corrected chi connectivity index (χ4v) is 2.06. The Balaban J connectivity index is 2.16. The zero-order chi connectivity index (χ0) is 13.5. The lowest BCUT2D eigenvalue weighted by atomic mass is 10.0. The Morgan fingerprint density at radius 3 is 2.37 bits per heavy atom. The molecule has 0 aliphatic rings. The van der Waals surface area contributed by atoms with Crippen LogP contribution in [0.1, 0.15) is 24.5 Å². The van der Waals surface area contributed by atoms with Gasteiger partial charge in [0.15, 0.2) is 0 Å². The van der Waals surface area contributed by atoms with Gasteiger partial charge in [0.2, 0.25) is 0 Å². The number of hydrogen-bond acceptors (Lipinski definition) is 2. The summed E-state index contributed by atoms with van der Waals surface area (Å²) < 4.78 is 5.99. The first-order chi connectivity index (χ1) is 9.33. The highest BCUT2D eigenvalue weighted by molar-refractivity contribution is 5.37. The van der Waals surface area contributed by atoms with E-state index in [0.29, 0.717) is 6.54 Å². The molecule has 2 nitrogen and oxygen atoms in total. The van der Waals surface area contributed by atoms with Crippen molar-refractivity contribution in [2.45, 2.75) is 25.9 Å². The van der Waals surface area contributed by atoms with Crippen molar-refractivity contribution in [2.75, 3.05) is 6.54 Å². The van der Waals surface area contributed by atoms with Crippen molar-refractivity contribution in [2.24, 2.45) is 5.73 Å². The molecule has 0 aliphatic heterocycles. The minimum absolute atomic E-state index is 0.0944. The fraction of sp³-hybridized carbons (Fsp3) is 0.294. The third kappa shape index (κ3) is 3.83. The molecule has 0 fully saturated rings. The summed E-state index contributed by atoms with van der Waals surface area (Å²) >= 11 is 0. The minimum Gasteiger partial charge on any atom is -0.489 e. The first kappa shape index (κ1) is 13.6. The molecule has 2 aromatic rings. The Morgan fingerprint density at radius 1 is 1.00 bits per heavy atom. The van der Waals surface area contributed by atoms with Gasteiger partial charge >= 0.3 is 0 Å². The number of hydrogen-bond donors (Lipinski definition) is 1. The third-order valence-corrected chi connectivity index (χ3v) is 3.22. The van der Waals surface area contributed by atoms with Gasteiger partial charge in [-0.1, -0.05) is 55.5 Å². The predicted octanol–water partition coefficient (Wildman–Crippen LogP) is 3.39. The van der Waals surface area contributed by atoms with Crippen molar-refractivity contribution < 1.29 is 4.74 Å². The molecule has 2 heteroatoms. The summed E-state index contributed by atoms with van der Waals surface area (Å²) in [6.45, 7) is 2.65. The second kappa shape index (κ2) is 6.95. The normalized spacial score (nSPS) is 12.1. The van der Waals surface area contributed by atoms with Gasteiger partial charge in [-0.05, 0) is 23.6 Å². The fourth-order valence-electron chi connectivity index (χ4n) is 2.06. The molecule has 2 N–H and O–H groups in total. The van der Waals surface area contributed by atoms with E-state index in [9.17, 15) is 0 Å². The van der Waals surface area contributed by atoms with Gasteiger partial charge in [0.25, 0.3) is 0 Å². The van der Waals surface area contributed by atoms with Crippen molar-refractivity contribution in [1.29, 1.82) is 0 Å². The number of para-hydroxylation sites is 1. The predicted molar refractivity (Wildman–Crippen MR) is 79.5 cm³/mol. The summed E-state index contributed by atoms with van der Waals surface area (Å²) in [6, 6.07) is 18.6. The minimum atomic E-state index is 0.0944. The van der Waals surface area contributed by atoms with E-state index < -0.39 is 0 Å². The molecule has 0 saturated heterocycles. The van der Waals surface area contributed by atoms with Crippen molar-refractivity contribution in [3.05, 3.63) is 65.7 Å². The van der Waals surface area contributed by atoms with Crippen LogP contribution >= 0.6 is 0 Å². The number of ether oxygens (including phenoxy) is 1. The largest absolute Gasteiger partial charge is 0.489 e. The quantitative estimate of drug-likeness (QED) is 0.858. The number of rotatable bonds is 6. The molecule has 0 amide bonds. The van der Waals surface area contributed by atoms with Crippen molar-refractivity contribution in [1.82, 2.24) is 0 Å². The molecule has 1 unspecified atom stereocenters. The van der Waals surface area contributed by atoms with Crippen LogP contribution < -0.4 is 10.5 Å². The number of nitrogens with two attached hydrogens (primary N) is 1. The zero-order valence-corrected chi connectivity index (χ0v) is 11.4. The van der Waals surface area contributed by atoms with Crippen LogP contribution in [-0.2, 0) is 6.42 Å². The molecule has 0 radical (unpaired) electrons.